The van der Waals surface area contributed by atoms with Crippen molar-refractivity contribution in [1.29, 1.82) is 0 Å². The lowest BCUT2D eigenvalue weighted by Crippen LogP contribution is -2.58. The summed E-state index contributed by atoms with van der Waals surface area (Å²) in [5.74, 6) is 2.78. The first-order valence-corrected chi connectivity index (χ1v) is 9.11. The van der Waals surface area contributed by atoms with Crippen LogP contribution in [0.1, 0.15) is 59.3 Å². The molecule has 3 aliphatic rings. The Bertz CT molecular complexity index is 307. The van der Waals surface area contributed by atoms with E-state index in [4.69, 9.17) is 0 Å². The highest BCUT2D eigenvalue weighted by Gasteiger charge is 2.38. The fraction of sp³-hybridized carbons (Fsp3) is 1.00. The number of hydrogen-bond acceptors (Lipinski definition) is 2. The number of piperazine rings is 1. The molecule has 0 aromatic rings. The summed E-state index contributed by atoms with van der Waals surface area (Å²) >= 11 is 0. The van der Waals surface area contributed by atoms with Crippen molar-refractivity contribution in [3.05, 3.63) is 0 Å². The summed E-state index contributed by atoms with van der Waals surface area (Å²) < 4.78 is 0. The maximum atomic E-state index is 2.89. The average molecular weight is 278 g/mol. The lowest BCUT2D eigenvalue weighted by atomic mass is 9.82. The van der Waals surface area contributed by atoms with Crippen LogP contribution in [0.5, 0.6) is 0 Å². The molecule has 0 amide bonds. The van der Waals surface area contributed by atoms with Gasteiger partial charge in [-0.2, -0.15) is 0 Å². The molecule has 2 heterocycles. The van der Waals surface area contributed by atoms with Crippen molar-refractivity contribution in [3.8, 4) is 0 Å². The highest BCUT2D eigenvalue weighted by Crippen LogP contribution is 2.32. The number of hydrogen-bond donors (Lipinski definition) is 0. The Hall–Kier alpha value is -0.0800. The van der Waals surface area contributed by atoms with Gasteiger partial charge in [-0.15, -0.1) is 0 Å². The van der Waals surface area contributed by atoms with Crippen LogP contribution < -0.4 is 0 Å². The van der Waals surface area contributed by atoms with Gasteiger partial charge in [0.05, 0.1) is 0 Å². The predicted molar refractivity (Wildman–Crippen MR) is 85.9 cm³/mol. The molecule has 2 saturated heterocycles. The van der Waals surface area contributed by atoms with E-state index in [1.54, 1.807) is 0 Å². The Labute approximate surface area is 125 Å². The summed E-state index contributed by atoms with van der Waals surface area (Å²) in [6.45, 7) is 12.7. The Morgan fingerprint density at radius 3 is 2.45 bits per heavy atom. The van der Waals surface area contributed by atoms with Crippen molar-refractivity contribution in [1.82, 2.24) is 9.80 Å². The summed E-state index contributed by atoms with van der Waals surface area (Å²) in [7, 11) is 0. The van der Waals surface area contributed by atoms with Gasteiger partial charge in [-0.3, -0.25) is 9.80 Å². The number of nitrogens with zero attached hydrogens (tertiary/aromatic N) is 2. The second kappa shape index (κ2) is 6.36. The molecule has 2 heteroatoms. The zero-order chi connectivity index (χ0) is 14.1. The molecule has 0 N–H and O–H groups in total. The van der Waals surface area contributed by atoms with E-state index in [2.05, 4.69) is 30.6 Å². The van der Waals surface area contributed by atoms with E-state index >= 15 is 0 Å². The Morgan fingerprint density at radius 1 is 1.00 bits per heavy atom. The molecule has 0 aromatic heterocycles. The third-order valence-corrected chi connectivity index (χ3v) is 6.23. The summed E-state index contributed by atoms with van der Waals surface area (Å²) in [5, 5.41) is 0. The van der Waals surface area contributed by atoms with Gasteiger partial charge in [0.1, 0.15) is 0 Å². The fourth-order valence-corrected chi connectivity index (χ4v) is 4.79. The van der Waals surface area contributed by atoms with Crippen LogP contribution in [0.4, 0.5) is 0 Å². The van der Waals surface area contributed by atoms with E-state index < -0.39 is 0 Å². The summed E-state index contributed by atoms with van der Waals surface area (Å²) in [4.78, 5) is 5.67. The number of rotatable bonds is 3. The molecule has 116 valence electrons. The van der Waals surface area contributed by atoms with Crippen molar-refractivity contribution in [2.75, 3.05) is 26.2 Å². The van der Waals surface area contributed by atoms with Crippen LogP contribution in [0.3, 0.4) is 0 Å². The smallest absolute Gasteiger partial charge is 0.0247 e. The second-order valence-electron chi connectivity index (χ2n) is 8.18. The molecule has 0 radical (unpaired) electrons. The van der Waals surface area contributed by atoms with E-state index in [1.165, 1.54) is 64.7 Å². The molecule has 3 rings (SSSR count). The minimum Gasteiger partial charge on any atom is -0.298 e. The topological polar surface area (TPSA) is 6.48 Å². The molecule has 0 aromatic carbocycles. The van der Waals surface area contributed by atoms with Crippen LogP contribution in [0.2, 0.25) is 0 Å². The van der Waals surface area contributed by atoms with Crippen LogP contribution in [0.25, 0.3) is 0 Å². The minimum atomic E-state index is 0.805. The molecule has 1 saturated carbocycles. The van der Waals surface area contributed by atoms with Gasteiger partial charge in [0.15, 0.2) is 0 Å². The molecule has 2 aliphatic heterocycles. The van der Waals surface area contributed by atoms with E-state index in [9.17, 15) is 0 Å². The summed E-state index contributed by atoms with van der Waals surface area (Å²) in [6.07, 6.45) is 8.79. The standard InChI is InChI=1S/C18H34N2/c1-14(2)18-13-19-10-4-5-17(19)12-20(18)11-16-8-6-15(3)7-9-16/h14-18H,4-13H2,1-3H3. The van der Waals surface area contributed by atoms with Gasteiger partial charge < -0.3 is 0 Å². The lowest BCUT2D eigenvalue weighted by Gasteiger charge is -2.47. The SMILES string of the molecule is CC1CCC(CN2CC3CCCN3CC2C(C)C)CC1. The van der Waals surface area contributed by atoms with Crippen LogP contribution in [-0.2, 0) is 0 Å². The first-order valence-electron chi connectivity index (χ1n) is 9.11. The summed E-state index contributed by atoms with van der Waals surface area (Å²) in [6, 6.07) is 1.69. The van der Waals surface area contributed by atoms with Gasteiger partial charge in [-0.05, 0) is 50.0 Å². The third kappa shape index (κ3) is 3.22. The predicted octanol–water partition coefficient (Wildman–Crippen LogP) is 3.62. The van der Waals surface area contributed by atoms with Crippen molar-refractivity contribution in [2.24, 2.45) is 17.8 Å². The Balaban J connectivity index is 1.60. The maximum Gasteiger partial charge on any atom is 0.0247 e. The van der Waals surface area contributed by atoms with Crippen LogP contribution in [0.15, 0.2) is 0 Å². The van der Waals surface area contributed by atoms with Crippen molar-refractivity contribution < 1.29 is 0 Å². The van der Waals surface area contributed by atoms with Crippen LogP contribution in [-0.4, -0.2) is 48.1 Å². The molecule has 2 atom stereocenters. The van der Waals surface area contributed by atoms with E-state index in [0.29, 0.717) is 0 Å². The molecule has 20 heavy (non-hydrogen) atoms. The molecule has 0 spiro atoms. The normalized spacial score (nSPS) is 40.2. The fourth-order valence-electron chi connectivity index (χ4n) is 4.79. The quantitative estimate of drug-likeness (QED) is 0.778. The monoisotopic (exact) mass is 278 g/mol. The van der Waals surface area contributed by atoms with E-state index in [-0.39, 0.29) is 0 Å². The number of fused-ring (bicyclic) bond motifs is 1. The average Bonchev–Trinajstić information content (AvgIpc) is 2.87. The molecule has 0 bridgehead atoms. The molecule has 1 aliphatic carbocycles. The Kier molecular flexibility index (Phi) is 4.72. The molecule has 2 unspecified atom stereocenters. The van der Waals surface area contributed by atoms with Crippen LogP contribution in [0, 0.1) is 17.8 Å². The van der Waals surface area contributed by atoms with Gasteiger partial charge in [0, 0.05) is 31.7 Å². The zero-order valence-electron chi connectivity index (χ0n) is 13.9. The molecular weight excluding hydrogens is 244 g/mol. The van der Waals surface area contributed by atoms with E-state index in [0.717, 1.165) is 29.8 Å². The molecular formula is C18H34N2. The van der Waals surface area contributed by atoms with Gasteiger partial charge >= 0.3 is 0 Å². The van der Waals surface area contributed by atoms with E-state index in [1.807, 2.05) is 0 Å². The highest BCUT2D eigenvalue weighted by atomic mass is 15.3. The van der Waals surface area contributed by atoms with Gasteiger partial charge in [0.2, 0.25) is 0 Å². The maximum absolute atomic E-state index is 2.89. The zero-order valence-corrected chi connectivity index (χ0v) is 13.9. The molecule has 2 nitrogen and oxygen atoms in total. The van der Waals surface area contributed by atoms with Crippen molar-refractivity contribution >= 4 is 0 Å². The second-order valence-corrected chi connectivity index (χ2v) is 8.18. The minimum absolute atomic E-state index is 0.805. The van der Waals surface area contributed by atoms with Gasteiger partial charge in [-0.1, -0.05) is 33.6 Å². The summed E-state index contributed by atoms with van der Waals surface area (Å²) in [5.41, 5.74) is 0. The van der Waals surface area contributed by atoms with Crippen molar-refractivity contribution in [3.63, 3.8) is 0 Å². The van der Waals surface area contributed by atoms with Crippen molar-refractivity contribution in [2.45, 2.75) is 71.4 Å². The van der Waals surface area contributed by atoms with Gasteiger partial charge in [-0.25, -0.2) is 0 Å². The Morgan fingerprint density at radius 2 is 1.75 bits per heavy atom. The first kappa shape index (κ1) is 14.8. The lowest BCUT2D eigenvalue weighted by molar-refractivity contribution is 0.0141. The van der Waals surface area contributed by atoms with Gasteiger partial charge in [0.25, 0.3) is 0 Å². The largest absolute Gasteiger partial charge is 0.298 e. The third-order valence-electron chi connectivity index (χ3n) is 6.23. The first-order chi connectivity index (χ1) is 9.63. The molecule has 3 fully saturated rings. The van der Waals surface area contributed by atoms with Crippen LogP contribution >= 0.6 is 0 Å². The highest BCUT2D eigenvalue weighted by molar-refractivity contribution is 4.94.